The lowest BCUT2D eigenvalue weighted by Crippen LogP contribution is -2.46. The van der Waals surface area contributed by atoms with Crippen LogP contribution in [0.15, 0.2) is 0 Å². The predicted octanol–water partition coefficient (Wildman–Crippen LogP) is 1.79. The zero-order valence-corrected chi connectivity index (χ0v) is 15.0. The first-order chi connectivity index (χ1) is 12.3. The summed E-state index contributed by atoms with van der Waals surface area (Å²) in [5, 5.41) is 24.1. The number of aliphatic hydroxyl groups is 1. The molecular weight excluding hydrogens is 318 g/mol. The normalized spacial score (nSPS) is 24.0. The zero-order chi connectivity index (χ0) is 17.5. The molecule has 3 N–H and O–H groups in total. The summed E-state index contributed by atoms with van der Waals surface area (Å²) in [6.07, 6.45) is 10.7. The monoisotopic (exact) mass is 349 g/mol. The summed E-state index contributed by atoms with van der Waals surface area (Å²) in [5.74, 6) is 2.24. The van der Waals surface area contributed by atoms with Crippen LogP contribution in [0.5, 0.6) is 0 Å². The maximum atomic E-state index is 12.2. The molecule has 140 valence electrons. The molecule has 2 atom stereocenters. The maximum Gasteiger partial charge on any atom is 0.315 e. The highest BCUT2D eigenvalue weighted by Gasteiger charge is 2.24. The van der Waals surface area contributed by atoms with Gasteiger partial charge in [0.2, 0.25) is 0 Å². The fraction of sp³-hybridized carbons (Fsp3) is 0.833. The van der Waals surface area contributed by atoms with Crippen LogP contribution in [0.2, 0.25) is 0 Å². The Labute approximate surface area is 149 Å². The molecule has 2 aliphatic rings. The first kappa shape index (κ1) is 18.2. The van der Waals surface area contributed by atoms with Gasteiger partial charge in [0, 0.05) is 44.5 Å². The number of nitrogens with one attached hydrogen (secondary N) is 2. The summed E-state index contributed by atoms with van der Waals surface area (Å²) >= 11 is 0. The minimum atomic E-state index is -0.138. The predicted molar refractivity (Wildman–Crippen MR) is 95.3 cm³/mol. The SMILES string of the molecule is O=C(NCCc1nnc2n1CCCCC2)NC1CCCCCC1CO. The van der Waals surface area contributed by atoms with E-state index >= 15 is 0 Å². The second kappa shape index (κ2) is 9.17. The van der Waals surface area contributed by atoms with Crippen molar-refractivity contribution in [2.45, 2.75) is 76.8 Å². The van der Waals surface area contributed by atoms with E-state index in [0.29, 0.717) is 13.0 Å². The molecule has 2 heterocycles. The van der Waals surface area contributed by atoms with Crippen molar-refractivity contribution in [1.29, 1.82) is 0 Å². The molecule has 0 saturated heterocycles. The second-order valence-electron chi connectivity index (χ2n) is 7.33. The summed E-state index contributed by atoms with van der Waals surface area (Å²) < 4.78 is 2.22. The smallest absolute Gasteiger partial charge is 0.315 e. The highest BCUT2D eigenvalue weighted by atomic mass is 16.3. The number of fused-ring (bicyclic) bond motifs is 1. The third-order valence-electron chi connectivity index (χ3n) is 5.53. The molecule has 2 amide bonds. The fourth-order valence-corrected chi connectivity index (χ4v) is 4.03. The summed E-state index contributed by atoms with van der Waals surface area (Å²) in [6, 6.07) is -0.0576. The molecule has 0 radical (unpaired) electrons. The minimum Gasteiger partial charge on any atom is -0.396 e. The van der Waals surface area contributed by atoms with E-state index in [0.717, 1.165) is 50.3 Å². The maximum absolute atomic E-state index is 12.2. The molecule has 7 nitrogen and oxygen atoms in total. The molecular formula is C18H31N5O2. The third kappa shape index (κ3) is 4.93. The van der Waals surface area contributed by atoms with Gasteiger partial charge < -0.3 is 20.3 Å². The molecule has 3 rings (SSSR count). The van der Waals surface area contributed by atoms with Crippen LogP contribution in [0.25, 0.3) is 0 Å². The molecule has 25 heavy (non-hydrogen) atoms. The van der Waals surface area contributed by atoms with Crippen LogP contribution in [0.4, 0.5) is 4.79 Å². The molecule has 1 fully saturated rings. The number of carbonyl (C=O) groups excluding carboxylic acids is 1. The van der Waals surface area contributed by atoms with Gasteiger partial charge in [-0.3, -0.25) is 0 Å². The van der Waals surface area contributed by atoms with E-state index in [1.807, 2.05) is 0 Å². The van der Waals surface area contributed by atoms with Crippen LogP contribution in [-0.2, 0) is 19.4 Å². The molecule has 1 aromatic heterocycles. The summed E-state index contributed by atoms with van der Waals surface area (Å²) in [4.78, 5) is 12.2. The standard InChI is InChI=1S/C18H31N5O2/c24-13-14-7-3-1-4-8-15(14)20-18(25)19-11-10-17-22-21-16-9-5-2-6-12-23(16)17/h14-15,24H,1-13H2,(H2,19,20,25). The lowest BCUT2D eigenvalue weighted by Gasteiger charge is -2.24. The Bertz CT molecular complexity index is 560. The molecule has 0 bridgehead atoms. The lowest BCUT2D eigenvalue weighted by molar-refractivity contribution is 0.179. The van der Waals surface area contributed by atoms with E-state index < -0.39 is 0 Å². The van der Waals surface area contributed by atoms with Gasteiger partial charge in [0.1, 0.15) is 11.6 Å². The van der Waals surface area contributed by atoms with Gasteiger partial charge in [0.25, 0.3) is 0 Å². The zero-order valence-electron chi connectivity index (χ0n) is 15.0. The van der Waals surface area contributed by atoms with Crippen LogP contribution in [-0.4, -0.2) is 45.1 Å². The summed E-state index contributed by atoms with van der Waals surface area (Å²) in [5.41, 5.74) is 0. The minimum absolute atomic E-state index is 0.0804. The van der Waals surface area contributed by atoms with Gasteiger partial charge >= 0.3 is 6.03 Å². The van der Waals surface area contributed by atoms with Crippen molar-refractivity contribution in [3.8, 4) is 0 Å². The van der Waals surface area contributed by atoms with Crippen molar-refractivity contribution in [2.24, 2.45) is 5.92 Å². The number of nitrogens with zero attached hydrogens (tertiary/aromatic N) is 3. The average molecular weight is 349 g/mol. The molecule has 0 aromatic carbocycles. The molecule has 1 aromatic rings. The number of urea groups is 1. The topological polar surface area (TPSA) is 92.1 Å². The van der Waals surface area contributed by atoms with Crippen molar-refractivity contribution in [2.75, 3.05) is 13.2 Å². The van der Waals surface area contributed by atoms with Crippen LogP contribution in [0.3, 0.4) is 0 Å². The Balaban J connectivity index is 1.45. The third-order valence-corrected chi connectivity index (χ3v) is 5.53. The van der Waals surface area contributed by atoms with Gasteiger partial charge in [0.05, 0.1) is 0 Å². The van der Waals surface area contributed by atoms with Gasteiger partial charge in [-0.15, -0.1) is 10.2 Å². The molecule has 1 saturated carbocycles. The summed E-state index contributed by atoms with van der Waals surface area (Å²) in [7, 11) is 0. The highest BCUT2D eigenvalue weighted by Crippen LogP contribution is 2.23. The molecule has 0 spiro atoms. The number of carbonyl (C=O) groups is 1. The van der Waals surface area contributed by atoms with Gasteiger partial charge in [-0.25, -0.2) is 4.79 Å². The van der Waals surface area contributed by atoms with Crippen molar-refractivity contribution < 1.29 is 9.90 Å². The van der Waals surface area contributed by atoms with E-state index in [4.69, 9.17) is 0 Å². The van der Waals surface area contributed by atoms with Crippen LogP contribution < -0.4 is 10.6 Å². The van der Waals surface area contributed by atoms with Crippen molar-refractivity contribution in [3.63, 3.8) is 0 Å². The molecule has 1 aliphatic heterocycles. The van der Waals surface area contributed by atoms with E-state index in [2.05, 4.69) is 25.4 Å². The lowest BCUT2D eigenvalue weighted by atomic mass is 9.96. The van der Waals surface area contributed by atoms with Crippen LogP contribution in [0.1, 0.15) is 63.0 Å². The largest absolute Gasteiger partial charge is 0.396 e. The molecule has 1 aliphatic carbocycles. The van der Waals surface area contributed by atoms with E-state index in [1.54, 1.807) is 0 Å². The highest BCUT2D eigenvalue weighted by molar-refractivity contribution is 5.74. The van der Waals surface area contributed by atoms with Gasteiger partial charge in [-0.05, 0) is 25.7 Å². The number of hydrogen-bond donors (Lipinski definition) is 3. The Morgan fingerprint density at radius 3 is 2.84 bits per heavy atom. The van der Waals surface area contributed by atoms with Crippen LogP contribution in [0, 0.1) is 5.92 Å². The average Bonchev–Trinajstić information content (AvgIpc) is 2.80. The van der Waals surface area contributed by atoms with Crippen LogP contribution >= 0.6 is 0 Å². The number of aliphatic hydroxyl groups excluding tert-OH is 1. The first-order valence-electron chi connectivity index (χ1n) is 9.84. The number of hydrogen-bond acceptors (Lipinski definition) is 4. The number of aromatic nitrogens is 3. The Morgan fingerprint density at radius 1 is 1.12 bits per heavy atom. The van der Waals surface area contributed by atoms with Gasteiger partial charge in [0.15, 0.2) is 0 Å². The van der Waals surface area contributed by atoms with E-state index in [-0.39, 0.29) is 24.6 Å². The second-order valence-corrected chi connectivity index (χ2v) is 7.33. The Kier molecular flexibility index (Phi) is 6.67. The van der Waals surface area contributed by atoms with Crippen molar-refractivity contribution in [1.82, 2.24) is 25.4 Å². The molecule has 2 unspecified atom stereocenters. The fourth-order valence-electron chi connectivity index (χ4n) is 4.03. The van der Waals surface area contributed by atoms with Crippen molar-refractivity contribution >= 4 is 6.03 Å². The summed E-state index contributed by atoms with van der Waals surface area (Å²) in [6.45, 7) is 1.70. The van der Waals surface area contributed by atoms with E-state index in [9.17, 15) is 9.90 Å². The quantitative estimate of drug-likeness (QED) is 0.707. The van der Waals surface area contributed by atoms with Crippen molar-refractivity contribution in [3.05, 3.63) is 11.6 Å². The number of amides is 2. The van der Waals surface area contributed by atoms with E-state index in [1.165, 1.54) is 25.7 Å². The molecule has 7 heteroatoms. The number of rotatable bonds is 5. The Morgan fingerprint density at radius 2 is 1.96 bits per heavy atom. The first-order valence-corrected chi connectivity index (χ1v) is 9.84. The van der Waals surface area contributed by atoms with Gasteiger partial charge in [-0.2, -0.15) is 0 Å². The van der Waals surface area contributed by atoms with Gasteiger partial charge in [-0.1, -0.05) is 25.7 Å². The Hall–Kier alpha value is -1.63. The number of aryl methyl sites for hydroxylation is 1.